The lowest BCUT2D eigenvalue weighted by molar-refractivity contribution is 0.0698. The van der Waals surface area contributed by atoms with Crippen LogP contribution in [-0.2, 0) is 10.0 Å². The van der Waals surface area contributed by atoms with Gasteiger partial charge >= 0.3 is 0 Å². The van der Waals surface area contributed by atoms with Crippen molar-refractivity contribution in [2.45, 2.75) is 0 Å². The summed E-state index contributed by atoms with van der Waals surface area (Å²) in [7, 11) is -3.18. The van der Waals surface area contributed by atoms with Gasteiger partial charge in [0.1, 0.15) is 5.82 Å². The lowest BCUT2D eigenvalue weighted by atomic mass is 10.2. The van der Waals surface area contributed by atoms with E-state index < -0.39 is 10.0 Å². The first-order chi connectivity index (χ1) is 8.88. The molecule has 7 nitrogen and oxygen atoms in total. The van der Waals surface area contributed by atoms with Gasteiger partial charge in [0.15, 0.2) is 0 Å². The molecule has 1 aromatic heterocycles. The van der Waals surface area contributed by atoms with E-state index in [0.29, 0.717) is 37.6 Å². The first-order valence-corrected chi connectivity index (χ1v) is 7.68. The van der Waals surface area contributed by atoms with E-state index in [1.54, 1.807) is 11.0 Å². The number of hydrogen-bond donors (Lipinski definition) is 1. The van der Waals surface area contributed by atoms with E-state index in [2.05, 4.69) is 4.98 Å². The third-order valence-corrected chi connectivity index (χ3v) is 4.33. The summed E-state index contributed by atoms with van der Waals surface area (Å²) in [6.45, 7) is 1.42. The van der Waals surface area contributed by atoms with Crippen molar-refractivity contribution in [3.63, 3.8) is 0 Å². The minimum absolute atomic E-state index is 0.151. The average Bonchev–Trinajstić information content (AvgIpc) is 2.37. The van der Waals surface area contributed by atoms with E-state index in [1.807, 2.05) is 0 Å². The molecule has 2 rings (SSSR count). The highest BCUT2D eigenvalue weighted by atomic mass is 32.2. The first kappa shape index (κ1) is 13.8. The molecule has 0 bridgehead atoms. The predicted octanol–water partition coefficient (Wildman–Crippen LogP) is -0.619. The third-order valence-electron chi connectivity index (χ3n) is 3.02. The van der Waals surface area contributed by atoms with Crippen LogP contribution in [-0.4, -0.2) is 60.9 Å². The molecule has 104 valence electrons. The highest BCUT2D eigenvalue weighted by Crippen LogP contribution is 2.11. The second-order valence-electron chi connectivity index (χ2n) is 4.42. The molecular weight excluding hydrogens is 268 g/mol. The maximum Gasteiger partial charge on any atom is 0.254 e. The monoisotopic (exact) mass is 284 g/mol. The van der Waals surface area contributed by atoms with Crippen LogP contribution in [0.1, 0.15) is 10.4 Å². The highest BCUT2D eigenvalue weighted by Gasteiger charge is 2.26. The molecule has 0 unspecified atom stereocenters. The normalized spacial score (nSPS) is 17.4. The van der Waals surface area contributed by atoms with Gasteiger partial charge in [0.05, 0.1) is 6.26 Å². The molecule has 0 aliphatic carbocycles. The predicted molar refractivity (Wildman–Crippen MR) is 71.0 cm³/mol. The number of nitrogens with two attached hydrogens (primary N) is 1. The van der Waals surface area contributed by atoms with E-state index in [9.17, 15) is 13.2 Å². The summed E-state index contributed by atoms with van der Waals surface area (Å²) in [5, 5.41) is 0. The molecule has 0 aromatic carbocycles. The number of carbonyl (C=O) groups excluding carboxylic acids is 1. The minimum atomic E-state index is -3.18. The SMILES string of the molecule is CS(=O)(=O)N1CCN(C(=O)c2ccnc(N)c2)CC1. The summed E-state index contributed by atoms with van der Waals surface area (Å²) in [5.41, 5.74) is 6.01. The molecule has 2 heterocycles. The number of nitrogens with zero attached hydrogens (tertiary/aromatic N) is 3. The van der Waals surface area contributed by atoms with E-state index in [1.165, 1.54) is 22.8 Å². The third kappa shape index (κ3) is 3.21. The largest absolute Gasteiger partial charge is 0.384 e. The topological polar surface area (TPSA) is 96.6 Å². The molecule has 0 saturated carbocycles. The van der Waals surface area contributed by atoms with E-state index in [0.717, 1.165) is 0 Å². The zero-order valence-electron chi connectivity index (χ0n) is 10.6. The lowest BCUT2D eigenvalue weighted by Gasteiger charge is -2.33. The van der Waals surface area contributed by atoms with Crippen molar-refractivity contribution in [2.75, 3.05) is 38.2 Å². The van der Waals surface area contributed by atoms with Crippen molar-refractivity contribution in [2.24, 2.45) is 0 Å². The van der Waals surface area contributed by atoms with Crippen LogP contribution in [0.5, 0.6) is 0 Å². The molecule has 1 aromatic rings. The fourth-order valence-corrected chi connectivity index (χ4v) is 2.81. The molecule has 19 heavy (non-hydrogen) atoms. The average molecular weight is 284 g/mol. The zero-order chi connectivity index (χ0) is 14.0. The number of anilines is 1. The van der Waals surface area contributed by atoms with Crippen molar-refractivity contribution in [3.8, 4) is 0 Å². The van der Waals surface area contributed by atoms with Gasteiger partial charge in [-0.3, -0.25) is 4.79 Å². The van der Waals surface area contributed by atoms with Gasteiger partial charge in [-0.1, -0.05) is 0 Å². The summed E-state index contributed by atoms with van der Waals surface area (Å²) >= 11 is 0. The summed E-state index contributed by atoms with van der Waals surface area (Å²) < 4.78 is 24.1. The summed E-state index contributed by atoms with van der Waals surface area (Å²) in [6.07, 6.45) is 2.66. The van der Waals surface area contributed by atoms with E-state index in [4.69, 9.17) is 5.73 Å². The Morgan fingerprint density at radius 1 is 1.32 bits per heavy atom. The maximum absolute atomic E-state index is 12.2. The standard InChI is InChI=1S/C11H16N4O3S/c1-19(17,18)15-6-4-14(5-7-15)11(16)9-2-3-13-10(12)8-9/h2-3,8H,4-7H2,1H3,(H2,12,13). The smallest absolute Gasteiger partial charge is 0.254 e. The molecule has 2 N–H and O–H groups in total. The Morgan fingerprint density at radius 2 is 1.95 bits per heavy atom. The Labute approximate surface area is 112 Å². The van der Waals surface area contributed by atoms with Crippen LogP contribution >= 0.6 is 0 Å². The van der Waals surface area contributed by atoms with Crippen LogP contribution in [0.3, 0.4) is 0 Å². The Balaban J connectivity index is 2.04. The Kier molecular flexibility index (Phi) is 3.72. The number of aromatic nitrogens is 1. The second-order valence-corrected chi connectivity index (χ2v) is 6.41. The number of piperazine rings is 1. The number of sulfonamides is 1. The number of nitrogen functional groups attached to an aromatic ring is 1. The van der Waals surface area contributed by atoms with Crippen molar-refractivity contribution in [1.82, 2.24) is 14.2 Å². The van der Waals surface area contributed by atoms with Crippen LogP contribution in [0, 0.1) is 0 Å². The van der Waals surface area contributed by atoms with Crippen LogP contribution in [0.4, 0.5) is 5.82 Å². The maximum atomic E-state index is 12.2. The molecule has 0 atom stereocenters. The van der Waals surface area contributed by atoms with Crippen molar-refractivity contribution < 1.29 is 13.2 Å². The van der Waals surface area contributed by atoms with Crippen LogP contribution in [0.2, 0.25) is 0 Å². The van der Waals surface area contributed by atoms with Crippen molar-refractivity contribution in [3.05, 3.63) is 23.9 Å². The number of rotatable bonds is 2. The molecular formula is C11H16N4O3S. The Morgan fingerprint density at radius 3 is 2.47 bits per heavy atom. The number of pyridine rings is 1. The van der Waals surface area contributed by atoms with Crippen molar-refractivity contribution in [1.29, 1.82) is 0 Å². The second kappa shape index (κ2) is 5.14. The number of carbonyl (C=O) groups is 1. The van der Waals surface area contributed by atoms with E-state index >= 15 is 0 Å². The molecule has 8 heteroatoms. The van der Waals surface area contributed by atoms with Gasteiger partial charge < -0.3 is 10.6 Å². The van der Waals surface area contributed by atoms with Gasteiger partial charge in [-0.15, -0.1) is 0 Å². The van der Waals surface area contributed by atoms with Crippen LogP contribution in [0.25, 0.3) is 0 Å². The molecule has 1 aliphatic heterocycles. The molecule has 1 aliphatic rings. The lowest BCUT2D eigenvalue weighted by Crippen LogP contribution is -2.50. The van der Waals surface area contributed by atoms with Gasteiger partial charge in [-0.25, -0.2) is 13.4 Å². The fraction of sp³-hybridized carbons (Fsp3) is 0.455. The van der Waals surface area contributed by atoms with Gasteiger partial charge in [0.25, 0.3) is 5.91 Å². The Bertz CT molecular complexity index is 579. The molecule has 1 amide bonds. The Hall–Kier alpha value is -1.67. The fourth-order valence-electron chi connectivity index (χ4n) is 1.99. The summed E-state index contributed by atoms with van der Waals surface area (Å²) in [4.78, 5) is 17.6. The molecule has 1 saturated heterocycles. The molecule has 0 radical (unpaired) electrons. The van der Waals surface area contributed by atoms with Crippen LogP contribution in [0.15, 0.2) is 18.3 Å². The summed E-state index contributed by atoms with van der Waals surface area (Å²) in [5.74, 6) is 0.142. The van der Waals surface area contributed by atoms with E-state index in [-0.39, 0.29) is 5.91 Å². The highest BCUT2D eigenvalue weighted by molar-refractivity contribution is 7.88. The zero-order valence-corrected chi connectivity index (χ0v) is 11.4. The van der Waals surface area contributed by atoms with Gasteiger partial charge in [-0.2, -0.15) is 4.31 Å². The number of amides is 1. The first-order valence-electron chi connectivity index (χ1n) is 5.84. The quantitative estimate of drug-likeness (QED) is 0.781. The number of hydrogen-bond acceptors (Lipinski definition) is 5. The minimum Gasteiger partial charge on any atom is -0.384 e. The van der Waals surface area contributed by atoms with Gasteiger partial charge in [0.2, 0.25) is 10.0 Å². The molecule has 1 fully saturated rings. The summed E-state index contributed by atoms with van der Waals surface area (Å²) in [6, 6.07) is 3.12. The van der Waals surface area contributed by atoms with Crippen molar-refractivity contribution >= 4 is 21.7 Å². The van der Waals surface area contributed by atoms with Gasteiger partial charge in [-0.05, 0) is 12.1 Å². The molecule has 0 spiro atoms. The van der Waals surface area contributed by atoms with Gasteiger partial charge in [0, 0.05) is 37.9 Å². The van der Waals surface area contributed by atoms with Crippen LogP contribution < -0.4 is 5.73 Å².